The minimum Gasteiger partial charge on any atom is -0.494 e. The van der Waals surface area contributed by atoms with E-state index in [9.17, 15) is 18.0 Å². The quantitative estimate of drug-likeness (QED) is 0.314. The first-order valence-electron chi connectivity index (χ1n) is 13.8. The van der Waals surface area contributed by atoms with Gasteiger partial charge in [0.25, 0.3) is 10.0 Å². The van der Waals surface area contributed by atoms with Crippen LogP contribution >= 0.6 is 0 Å². The smallest absolute Gasteiger partial charge is 0.264 e. The fourth-order valence-corrected chi connectivity index (χ4v) is 5.81. The summed E-state index contributed by atoms with van der Waals surface area (Å²) >= 11 is 0. The standard InChI is InChI=1S/C32H41N3O5S/c1-7-29(31(37)33-32(4,5)6)34(22-25-12-10-9-11-13-25)30(36)23-35(26-16-14-24(3)15-17-26)41(38,39)28-20-18-27(19-21-28)40-8-2/h9-21,29H,7-8,22-23H2,1-6H3,(H,33,37)/t29-/m0/s1. The third-order valence-electron chi connectivity index (χ3n) is 6.40. The zero-order chi connectivity index (χ0) is 30.2. The van der Waals surface area contributed by atoms with E-state index in [1.165, 1.54) is 17.0 Å². The molecule has 2 amide bonds. The first-order valence-corrected chi connectivity index (χ1v) is 15.3. The SMILES string of the molecule is CCOc1ccc(S(=O)(=O)N(CC(=O)N(Cc2ccccc2)[C@@H](CC)C(=O)NC(C)(C)C)c2ccc(C)cc2)cc1. The van der Waals surface area contributed by atoms with Crippen LogP contribution in [0.15, 0.2) is 83.8 Å². The number of carbonyl (C=O) groups is 2. The van der Waals surface area contributed by atoms with Crippen molar-refractivity contribution >= 4 is 27.5 Å². The summed E-state index contributed by atoms with van der Waals surface area (Å²) < 4.78 is 34.6. The molecule has 220 valence electrons. The number of nitrogens with one attached hydrogen (secondary N) is 1. The van der Waals surface area contributed by atoms with Gasteiger partial charge in [-0.2, -0.15) is 0 Å². The number of hydrogen-bond donors (Lipinski definition) is 1. The van der Waals surface area contributed by atoms with Crippen LogP contribution in [0.5, 0.6) is 5.75 Å². The second-order valence-corrected chi connectivity index (χ2v) is 12.8. The van der Waals surface area contributed by atoms with E-state index < -0.39 is 34.1 Å². The molecule has 3 aromatic carbocycles. The molecule has 0 heterocycles. The molecule has 0 aliphatic heterocycles. The van der Waals surface area contributed by atoms with Gasteiger partial charge >= 0.3 is 0 Å². The Morgan fingerprint density at radius 2 is 1.51 bits per heavy atom. The number of amides is 2. The van der Waals surface area contributed by atoms with Crippen LogP contribution < -0.4 is 14.4 Å². The summed E-state index contributed by atoms with van der Waals surface area (Å²) in [5.41, 5.74) is 1.63. The third kappa shape index (κ3) is 8.57. The van der Waals surface area contributed by atoms with Gasteiger partial charge < -0.3 is 15.0 Å². The maximum absolute atomic E-state index is 14.1. The Morgan fingerprint density at radius 1 is 0.902 bits per heavy atom. The highest BCUT2D eigenvalue weighted by Gasteiger charge is 2.34. The lowest BCUT2D eigenvalue weighted by Gasteiger charge is -2.34. The van der Waals surface area contributed by atoms with E-state index in [1.807, 2.05) is 71.9 Å². The Bertz CT molecular complexity index is 1400. The minimum absolute atomic E-state index is 0.0291. The normalized spacial score (nSPS) is 12.3. The highest BCUT2D eigenvalue weighted by Crippen LogP contribution is 2.26. The van der Waals surface area contributed by atoms with Crippen molar-refractivity contribution < 1.29 is 22.7 Å². The number of benzene rings is 3. The molecule has 3 rings (SSSR count). The Balaban J connectivity index is 2.04. The van der Waals surface area contributed by atoms with E-state index in [4.69, 9.17) is 4.74 Å². The second kappa shape index (κ2) is 13.7. The summed E-state index contributed by atoms with van der Waals surface area (Å²) in [7, 11) is -4.15. The molecule has 8 nitrogen and oxygen atoms in total. The fourth-order valence-electron chi connectivity index (χ4n) is 4.39. The Hall–Kier alpha value is -3.85. The summed E-state index contributed by atoms with van der Waals surface area (Å²) in [6.07, 6.45) is 0.358. The molecule has 3 aromatic rings. The van der Waals surface area contributed by atoms with Gasteiger partial charge in [-0.05, 0) is 83.0 Å². The van der Waals surface area contributed by atoms with Gasteiger partial charge in [-0.1, -0.05) is 55.0 Å². The van der Waals surface area contributed by atoms with E-state index in [0.29, 0.717) is 24.5 Å². The van der Waals surface area contributed by atoms with Gasteiger partial charge in [0.15, 0.2) is 0 Å². The molecule has 0 bridgehead atoms. The molecule has 0 aliphatic rings. The molecule has 0 unspecified atom stereocenters. The molecule has 9 heteroatoms. The molecule has 0 saturated carbocycles. The average Bonchev–Trinajstić information content (AvgIpc) is 2.92. The molecule has 0 radical (unpaired) electrons. The summed E-state index contributed by atoms with van der Waals surface area (Å²) in [5.74, 6) is -0.227. The average molecular weight is 580 g/mol. The number of ether oxygens (including phenoxy) is 1. The number of aryl methyl sites for hydroxylation is 1. The topological polar surface area (TPSA) is 96.0 Å². The van der Waals surface area contributed by atoms with Crippen LogP contribution in [0.3, 0.4) is 0 Å². The Labute approximate surface area is 244 Å². The lowest BCUT2D eigenvalue weighted by atomic mass is 10.1. The van der Waals surface area contributed by atoms with Gasteiger partial charge in [0, 0.05) is 12.1 Å². The molecule has 0 saturated heterocycles. The van der Waals surface area contributed by atoms with Crippen molar-refractivity contribution in [3.63, 3.8) is 0 Å². The van der Waals surface area contributed by atoms with Crippen molar-refractivity contribution in [2.45, 2.75) is 71.0 Å². The van der Waals surface area contributed by atoms with Crippen LogP contribution in [0.25, 0.3) is 0 Å². The van der Waals surface area contributed by atoms with Crippen molar-refractivity contribution in [3.05, 3.63) is 90.0 Å². The summed E-state index contributed by atoms with van der Waals surface area (Å²) in [4.78, 5) is 29.0. The van der Waals surface area contributed by atoms with E-state index in [2.05, 4.69) is 5.32 Å². The molecule has 0 aromatic heterocycles. The van der Waals surface area contributed by atoms with Crippen molar-refractivity contribution in [2.24, 2.45) is 0 Å². The molecular weight excluding hydrogens is 538 g/mol. The van der Waals surface area contributed by atoms with Gasteiger partial charge in [-0.3, -0.25) is 13.9 Å². The first kappa shape index (κ1) is 31.7. The van der Waals surface area contributed by atoms with E-state index in [-0.39, 0.29) is 17.3 Å². The van der Waals surface area contributed by atoms with E-state index >= 15 is 0 Å². The largest absolute Gasteiger partial charge is 0.494 e. The number of hydrogen-bond acceptors (Lipinski definition) is 5. The Morgan fingerprint density at radius 3 is 2.05 bits per heavy atom. The highest BCUT2D eigenvalue weighted by atomic mass is 32.2. The van der Waals surface area contributed by atoms with Crippen LogP contribution in [-0.4, -0.2) is 49.9 Å². The van der Waals surface area contributed by atoms with Gasteiger partial charge in [-0.15, -0.1) is 0 Å². The van der Waals surface area contributed by atoms with Gasteiger partial charge in [-0.25, -0.2) is 8.42 Å². The van der Waals surface area contributed by atoms with Crippen molar-refractivity contribution in [3.8, 4) is 5.75 Å². The summed E-state index contributed by atoms with van der Waals surface area (Å²) in [5, 5.41) is 2.98. The maximum atomic E-state index is 14.1. The van der Waals surface area contributed by atoms with Gasteiger partial charge in [0.1, 0.15) is 18.3 Å². The second-order valence-electron chi connectivity index (χ2n) is 10.9. The van der Waals surface area contributed by atoms with Crippen LogP contribution in [0.2, 0.25) is 0 Å². The monoisotopic (exact) mass is 579 g/mol. The van der Waals surface area contributed by atoms with Crippen molar-refractivity contribution in [1.82, 2.24) is 10.2 Å². The maximum Gasteiger partial charge on any atom is 0.264 e. The van der Waals surface area contributed by atoms with Crippen LogP contribution in [0, 0.1) is 6.92 Å². The van der Waals surface area contributed by atoms with Crippen molar-refractivity contribution in [1.29, 1.82) is 0 Å². The first-order chi connectivity index (χ1) is 19.4. The zero-order valence-corrected chi connectivity index (χ0v) is 25.6. The number of nitrogens with zero attached hydrogens (tertiary/aromatic N) is 2. The van der Waals surface area contributed by atoms with Crippen LogP contribution in [0.1, 0.15) is 52.2 Å². The molecule has 1 N–H and O–H groups in total. The molecule has 41 heavy (non-hydrogen) atoms. The predicted octanol–water partition coefficient (Wildman–Crippen LogP) is 5.31. The highest BCUT2D eigenvalue weighted by molar-refractivity contribution is 7.92. The number of sulfonamides is 1. The lowest BCUT2D eigenvalue weighted by molar-refractivity contribution is -0.141. The van der Waals surface area contributed by atoms with Gasteiger partial charge in [0.05, 0.1) is 17.2 Å². The summed E-state index contributed by atoms with van der Waals surface area (Å²) in [6.45, 7) is 11.4. The molecule has 0 fully saturated rings. The fraction of sp³-hybridized carbons (Fsp3) is 0.375. The minimum atomic E-state index is -4.15. The van der Waals surface area contributed by atoms with E-state index in [0.717, 1.165) is 15.4 Å². The third-order valence-corrected chi connectivity index (χ3v) is 8.19. The van der Waals surface area contributed by atoms with Crippen molar-refractivity contribution in [2.75, 3.05) is 17.5 Å². The van der Waals surface area contributed by atoms with E-state index in [1.54, 1.807) is 36.4 Å². The van der Waals surface area contributed by atoms with Crippen LogP contribution in [-0.2, 0) is 26.2 Å². The zero-order valence-electron chi connectivity index (χ0n) is 24.8. The Kier molecular flexibility index (Phi) is 10.6. The predicted molar refractivity (Wildman–Crippen MR) is 162 cm³/mol. The molecular formula is C32H41N3O5S. The molecule has 0 spiro atoms. The lowest BCUT2D eigenvalue weighted by Crippen LogP contribution is -2.55. The number of carbonyl (C=O) groups excluding carboxylic acids is 2. The summed E-state index contributed by atoms with van der Waals surface area (Å²) in [6, 6.07) is 21.7. The van der Waals surface area contributed by atoms with Crippen LogP contribution in [0.4, 0.5) is 5.69 Å². The van der Waals surface area contributed by atoms with Gasteiger partial charge in [0.2, 0.25) is 11.8 Å². The number of anilines is 1. The molecule has 1 atom stereocenters. The molecule has 0 aliphatic carbocycles. The number of rotatable bonds is 12.